The van der Waals surface area contributed by atoms with Crippen LogP contribution in [-0.4, -0.2) is 41.0 Å². The zero-order valence-corrected chi connectivity index (χ0v) is 22.1. The Labute approximate surface area is 223 Å². The molecule has 6 heteroatoms. The summed E-state index contributed by atoms with van der Waals surface area (Å²) >= 11 is 0. The fraction of sp³-hybridized carbons (Fsp3) is 0.281. The van der Waals surface area contributed by atoms with E-state index in [0.29, 0.717) is 18.0 Å². The number of ether oxygens (including phenoxy) is 2. The van der Waals surface area contributed by atoms with E-state index in [1.807, 2.05) is 37.3 Å². The molecule has 198 valence electrons. The second-order valence-corrected chi connectivity index (χ2v) is 10.2. The highest BCUT2D eigenvalue weighted by Gasteiger charge is 2.21. The van der Waals surface area contributed by atoms with Crippen LogP contribution in [0.4, 0.5) is 0 Å². The Morgan fingerprint density at radius 3 is 2.34 bits per heavy atom. The van der Waals surface area contributed by atoms with Crippen molar-refractivity contribution in [2.24, 2.45) is 0 Å². The van der Waals surface area contributed by atoms with E-state index in [1.165, 1.54) is 28.5 Å². The number of aliphatic hydroxyl groups is 1. The van der Waals surface area contributed by atoms with Crippen molar-refractivity contribution < 1.29 is 24.5 Å². The Kier molecular flexibility index (Phi) is 8.79. The predicted molar refractivity (Wildman–Crippen MR) is 150 cm³/mol. The third-order valence-electron chi connectivity index (χ3n) is 6.50. The Morgan fingerprint density at radius 1 is 0.921 bits per heavy atom. The first-order valence-electron chi connectivity index (χ1n) is 12.8. The molecule has 0 saturated heterocycles. The van der Waals surface area contributed by atoms with E-state index in [9.17, 15) is 9.90 Å². The number of hydrogen-bond donors (Lipinski definition) is 3. The molecule has 0 radical (unpaired) electrons. The van der Waals surface area contributed by atoms with Gasteiger partial charge in [-0.05, 0) is 73.9 Å². The van der Waals surface area contributed by atoms with Gasteiger partial charge in [-0.25, -0.2) is 4.79 Å². The van der Waals surface area contributed by atoms with Crippen molar-refractivity contribution in [2.75, 3.05) is 13.2 Å². The van der Waals surface area contributed by atoms with Crippen LogP contribution in [0.2, 0.25) is 0 Å². The minimum Gasteiger partial charge on any atom is -0.478 e. The molecule has 0 bridgehead atoms. The van der Waals surface area contributed by atoms with Crippen molar-refractivity contribution in [3.05, 3.63) is 108 Å². The lowest BCUT2D eigenvalue weighted by molar-refractivity contribution is -0.00481. The summed E-state index contributed by atoms with van der Waals surface area (Å²) in [5, 5.41) is 25.6. The van der Waals surface area contributed by atoms with Gasteiger partial charge in [0, 0.05) is 17.6 Å². The summed E-state index contributed by atoms with van der Waals surface area (Å²) in [5.41, 5.74) is 2.08. The third kappa shape index (κ3) is 7.42. The highest BCUT2D eigenvalue weighted by atomic mass is 16.5. The minimum atomic E-state index is -0.982. The van der Waals surface area contributed by atoms with Gasteiger partial charge in [0.1, 0.15) is 11.5 Å². The largest absolute Gasteiger partial charge is 0.478 e. The molecule has 0 heterocycles. The second kappa shape index (κ2) is 12.2. The van der Waals surface area contributed by atoms with Crippen molar-refractivity contribution >= 4 is 16.7 Å². The molecule has 38 heavy (non-hydrogen) atoms. The van der Waals surface area contributed by atoms with E-state index in [1.54, 1.807) is 12.1 Å². The molecular formula is C32H35NO5. The zero-order valence-electron chi connectivity index (χ0n) is 22.1. The van der Waals surface area contributed by atoms with Crippen LogP contribution in [0.25, 0.3) is 10.8 Å². The van der Waals surface area contributed by atoms with Crippen molar-refractivity contribution in [3.8, 4) is 11.5 Å². The zero-order chi connectivity index (χ0) is 27.1. The Bertz CT molecular complexity index is 1370. The van der Waals surface area contributed by atoms with Crippen LogP contribution < -0.4 is 10.1 Å². The quantitative estimate of drug-likeness (QED) is 0.204. The molecule has 0 fully saturated rings. The van der Waals surface area contributed by atoms with Crippen molar-refractivity contribution in [2.45, 2.75) is 44.9 Å². The topological polar surface area (TPSA) is 88.0 Å². The third-order valence-corrected chi connectivity index (χ3v) is 6.50. The van der Waals surface area contributed by atoms with Gasteiger partial charge in [-0.3, -0.25) is 0 Å². The average molecular weight is 514 g/mol. The van der Waals surface area contributed by atoms with Crippen molar-refractivity contribution in [1.82, 2.24) is 5.32 Å². The van der Waals surface area contributed by atoms with Crippen LogP contribution in [0, 0.1) is 0 Å². The highest BCUT2D eigenvalue weighted by Crippen LogP contribution is 2.31. The monoisotopic (exact) mass is 513 g/mol. The van der Waals surface area contributed by atoms with Gasteiger partial charge < -0.3 is 25.0 Å². The predicted octanol–water partition coefficient (Wildman–Crippen LogP) is 6.38. The average Bonchev–Trinajstić information content (AvgIpc) is 2.91. The Hall–Kier alpha value is -3.71. The second-order valence-electron chi connectivity index (χ2n) is 10.2. The lowest BCUT2D eigenvalue weighted by atomic mass is 9.93. The molecule has 3 N–H and O–H groups in total. The molecule has 2 atom stereocenters. The van der Waals surface area contributed by atoms with Crippen LogP contribution in [0.1, 0.15) is 48.4 Å². The Morgan fingerprint density at radius 2 is 1.61 bits per heavy atom. The number of hydrogen-bond acceptors (Lipinski definition) is 5. The lowest BCUT2D eigenvalue weighted by Gasteiger charge is -2.28. The van der Waals surface area contributed by atoms with Gasteiger partial charge in [-0.1, -0.05) is 60.7 Å². The maximum absolute atomic E-state index is 11.1. The summed E-state index contributed by atoms with van der Waals surface area (Å²) in [5.74, 6) is 0.170. The first kappa shape index (κ1) is 27.3. The normalized spacial score (nSPS) is 13.3. The summed E-state index contributed by atoms with van der Waals surface area (Å²) in [4.78, 5) is 11.1. The van der Waals surface area contributed by atoms with E-state index in [4.69, 9.17) is 14.6 Å². The van der Waals surface area contributed by atoms with Gasteiger partial charge in [0.25, 0.3) is 0 Å². The van der Waals surface area contributed by atoms with E-state index < -0.39 is 12.1 Å². The molecule has 1 unspecified atom stereocenters. The molecule has 0 aliphatic heterocycles. The first-order chi connectivity index (χ1) is 18.2. The number of aliphatic hydroxyl groups excluding tert-OH is 1. The summed E-state index contributed by atoms with van der Waals surface area (Å²) in [7, 11) is 0. The molecule has 0 saturated carbocycles. The van der Waals surface area contributed by atoms with Crippen LogP contribution in [0.5, 0.6) is 11.5 Å². The summed E-state index contributed by atoms with van der Waals surface area (Å²) < 4.78 is 12.0. The maximum Gasteiger partial charge on any atom is 0.335 e. The first-order valence-corrected chi connectivity index (χ1v) is 12.8. The fourth-order valence-corrected chi connectivity index (χ4v) is 4.42. The van der Waals surface area contributed by atoms with Gasteiger partial charge in [0.2, 0.25) is 0 Å². The van der Waals surface area contributed by atoms with E-state index in [0.717, 1.165) is 12.0 Å². The van der Waals surface area contributed by atoms with Gasteiger partial charge in [-0.15, -0.1) is 0 Å². The lowest BCUT2D eigenvalue weighted by Crippen LogP contribution is -2.46. The summed E-state index contributed by atoms with van der Waals surface area (Å²) in [6.45, 7) is 6.76. The molecule has 6 nitrogen and oxygen atoms in total. The van der Waals surface area contributed by atoms with Gasteiger partial charge in [-0.2, -0.15) is 0 Å². The number of carbonyl (C=O) groups is 1. The number of rotatable bonds is 12. The van der Waals surface area contributed by atoms with Gasteiger partial charge >= 0.3 is 5.97 Å². The molecule has 0 aliphatic carbocycles. The number of fused-ring (bicyclic) bond motifs is 1. The number of carboxylic acids is 1. The van der Waals surface area contributed by atoms with Crippen LogP contribution >= 0.6 is 0 Å². The number of para-hydroxylation sites is 1. The number of carboxylic acid groups (broad SMARTS) is 1. The molecule has 4 rings (SSSR count). The van der Waals surface area contributed by atoms with Crippen molar-refractivity contribution in [1.29, 1.82) is 0 Å². The molecule has 4 aromatic rings. The van der Waals surface area contributed by atoms with E-state index in [2.05, 4.69) is 55.6 Å². The maximum atomic E-state index is 11.1. The Balaban J connectivity index is 1.29. The highest BCUT2D eigenvalue weighted by molar-refractivity contribution is 5.87. The number of benzene rings is 4. The number of β-amino-alcohol motifs (C(OH)–C–C–N with tert-alkyl or cyclic N) is 1. The van der Waals surface area contributed by atoms with E-state index in [-0.39, 0.29) is 23.8 Å². The number of nitrogens with one attached hydrogen (secondary N) is 1. The molecule has 0 amide bonds. The van der Waals surface area contributed by atoms with Crippen molar-refractivity contribution in [3.63, 3.8) is 0 Å². The summed E-state index contributed by atoms with van der Waals surface area (Å²) in [6, 6.07) is 28.7. The smallest absolute Gasteiger partial charge is 0.335 e. The summed E-state index contributed by atoms with van der Waals surface area (Å²) in [6.07, 6.45) is -0.158. The standard InChI is InChI=1S/C32H35NO5/c1-22(29-10-6-7-11-30(29)38-28-16-14-25(15-17-28)31(35)36)37-21-27(34)20-33-32(2,3)19-23-12-13-24-8-4-5-9-26(24)18-23/h4-18,22,27,33-34H,19-21H2,1-3H3,(H,35,36)/t22?,27-/m1/s1. The molecular weight excluding hydrogens is 478 g/mol. The van der Waals surface area contributed by atoms with Gasteiger partial charge in [0.15, 0.2) is 0 Å². The number of aromatic carboxylic acids is 1. The van der Waals surface area contributed by atoms with Crippen LogP contribution in [0.3, 0.4) is 0 Å². The van der Waals surface area contributed by atoms with E-state index >= 15 is 0 Å². The van der Waals surface area contributed by atoms with Crippen LogP contribution in [-0.2, 0) is 11.2 Å². The molecule has 0 aromatic heterocycles. The van der Waals surface area contributed by atoms with Gasteiger partial charge in [0.05, 0.1) is 24.4 Å². The molecule has 4 aromatic carbocycles. The van der Waals surface area contributed by atoms with Crippen LogP contribution in [0.15, 0.2) is 91.0 Å². The molecule has 0 spiro atoms. The SMILES string of the molecule is CC(OC[C@H](O)CNC(C)(C)Cc1ccc2ccccc2c1)c1ccccc1Oc1ccc(C(=O)O)cc1. The minimum absolute atomic E-state index is 0.169. The molecule has 0 aliphatic rings. The fourth-order valence-electron chi connectivity index (χ4n) is 4.42.